The van der Waals surface area contributed by atoms with Gasteiger partial charge in [-0.2, -0.15) is 0 Å². The number of rotatable bonds is 6. The molecule has 0 radical (unpaired) electrons. The molecule has 1 unspecified atom stereocenters. The normalized spacial score (nSPS) is 23.5. The first-order chi connectivity index (χ1) is 7.53. The van der Waals surface area contributed by atoms with E-state index in [0.29, 0.717) is 12.5 Å². The van der Waals surface area contributed by atoms with E-state index in [1.165, 1.54) is 32.1 Å². The van der Waals surface area contributed by atoms with Crippen LogP contribution in [0, 0.1) is 0 Å². The topological polar surface area (TPSA) is 63.4 Å². The number of hydrogen-bond acceptors (Lipinski definition) is 3. The highest BCUT2D eigenvalue weighted by Crippen LogP contribution is 2.20. The van der Waals surface area contributed by atoms with Crippen molar-refractivity contribution in [3.63, 3.8) is 0 Å². The number of nitrogens with zero attached hydrogens (tertiary/aromatic N) is 1. The molecule has 1 heterocycles. The van der Waals surface area contributed by atoms with Crippen LogP contribution < -0.4 is 5.14 Å². The fourth-order valence-corrected chi connectivity index (χ4v) is 3.01. The van der Waals surface area contributed by atoms with Crippen molar-refractivity contribution in [2.24, 2.45) is 5.14 Å². The van der Waals surface area contributed by atoms with Crippen LogP contribution in [-0.2, 0) is 10.0 Å². The van der Waals surface area contributed by atoms with Gasteiger partial charge in [0.25, 0.3) is 0 Å². The SMILES string of the molecule is CCCC1CCCCN1CCCS(N)(=O)=O. The van der Waals surface area contributed by atoms with Crippen molar-refractivity contribution in [3.8, 4) is 0 Å². The summed E-state index contributed by atoms with van der Waals surface area (Å²) < 4.78 is 21.7. The lowest BCUT2D eigenvalue weighted by molar-refractivity contribution is 0.140. The van der Waals surface area contributed by atoms with Crippen molar-refractivity contribution in [1.82, 2.24) is 4.90 Å². The second-order valence-electron chi connectivity index (χ2n) is 4.69. The first-order valence-corrected chi connectivity index (χ1v) is 7.99. The van der Waals surface area contributed by atoms with Gasteiger partial charge in [0.2, 0.25) is 10.0 Å². The third-order valence-corrected chi connectivity index (χ3v) is 4.10. The summed E-state index contributed by atoms with van der Waals surface area (Å²) in [5.74, 6) is 0.113. The van der Waals surface area contributed by atoms with E-state index in [2.05, 4.69) is 11.8 Å². The average Bonchev–Trinajstić information content (AvgIpc) is 2.19. The Hall–Kier alpha value is -0.130. The zero-order chi connectivity index (χ0) is 12.0. The van der Waals surface area contributed by atoms with Gasteiger partial charge in [-0.3, -0.25) is 0 Å². The number of piperidine rings is 1. The fraction of sp³-hybridized carbons (Fsp3) is 1.00. The number of primary sulfonamides is 1. The molecular formula is C11H24N2O2S. The summed E-state index contributed by atoms with van der Waals surface area (Å²) >= 11 is 0. The number of sulfonamides is 1. The molecule has 96 valence electrons. The van der Waals surface area contributed by atoms with E-state index in [-0.39, 0.29) is 5.75 Å². The molecule has 1 atom stereocenters. The van der Waals surface area contributed by atoms with E-state index in [9.17, 15) is 8.42 Å². The number of hydrogen-bond donors (Lipinski definition) is 1. The fourth-order valence-electron chi connectivity index (χ4n) is 2.48. The van der Waals surface area contributed by atoms with Gasteiger partial charge >= 0.3 is 0 Å². The highest BCUT2D eigenvalue weighted by atomic mass is 32.2. The second-order valence-corrected chi connectivity index (χ2v) is 6.43. The van der Waals surface area contributed by atoms with Gasteiger partial charge in [-0.05, 0) is 38.8 Å². The minimum atomic E-state index is -3.28. The Balaban J connectivity index is 2.32. The molecule has 0 saturated carbocycles. The van der Waals surface area contributed by atoms with Crippen LogP contribution in [0.2, 0.25) is 0 Å². The molecule has 16 heavy (non-hydrogen) atoms. The summed E-state index contributed by atoms with van der Waals surface area (Å²) in [6.07, 6.45) is 6.93. The lowest BCUT2D eigenvalue weighted by atomic mass is 9.98. The Labute approximate surface area is 99.2 Å². The molecule has 0 aromatic carbocycles. The Kier molecular flexibility index (Phi) is 5.72. The van der Waals surface area contributed by atoms with Crippen LogP contribution in [0.5, 0.6) is 0 Å². The summed E-state index contributed by atoms with van der Waals surface area (Å²) in [5, 5.41) is 5.00. The number of likely N-dealkylation sites (tertiary alicyclic amines) is 1. The molecule has 0 bridgehead atoms. The van der Waals surface area contributed by atoms with Crippen molar-refractivity contribution in [3.05, 3.63) is 0 Å². The lowest BCUT2D eigenvalue weighted by Gasteiger charge is -2.35. The maximum Gasteiger partial charge on any atom is 0.209 e. The molecule has 1 aliphatic heterocycles. The quantitative estimate of drug-likeness (QED) is 0.771. The van der Waals surface area contributed by atoms with Gasteiger partial charge in [0.1, 0.15) is 0 Å². The van der Waals surface area contributed by atoms with Crippen LogP contribution in [0.4, 0.5) is 0 Å². The maximum atomic E-state index is 10.8. The van der Waals surface area contributed by atoms with Crippen molar-refractivity contribution in [1.29, 1.82) is 0 Å². The van der Waals surface area contributed by atoms with Gasteiger partial charge in [0, 0.05) is 6.04 Å². The summed E-state index contributed by atoms with van der Waals surface area (Å²) in [4.78, 5) is 2.44. The second kappa shape index (κ2) is 6.57. The molecule has 2 N–H and O–H groups in total. The Bertz CT molecular complexity index is 288. The molecule has 0 amide bonds. The van der Waals surface area contributed by atoms with E-state index < -0.39 is 10.0 Å². The summed E-state index contributed by atoms with van der Waals surface area (Å²) in [5.41, 5.74) is 0. The third kappa shape index (κ3) is 5.27. The smallest absolute Gasteiger partial charge is 0.209 e. The molecular weight excluding hydrogens is 224 g/mol. The third-order valence-electron chi connectivity index (χ3n) is 3.25. The van der Waals surface area contributed by atoms with Crippen molar-refractivity contribution >= 4 is 10.0 Å². The van der Waals surface area contributed by atoms with Crippen LogP contribution in [0.25, 0.3) is 0 Å². The van der Waals surface area contributed by atoms with Gasteiger partial charge in [0.15, 0.2) is 0 Å². The van der Waals surface area contributed by atoms with Crippen LogP contribution in [0.1, 0.15) is 45.4 Å². The van der Waals surface area contributed by atoms with Gasteiger partial charge in [-0.25, -0.2) is 13.6 Å². The molecule has 0 spiro atoms. The Morgan fingerprint density at radius 3 is 2.75 bits per heavy atom. The molecule has 4 nitrogen and oxygen atoms in total. The zero-order valence-corrected chi connectivity index (χ0v) is 11.0. The van der Waals surface area contributed by atoms with Crippen LogP contribution in [0.3, 0.4) is 0 Å². The average molecular weight is 248 g/mol. The standard InChI is InChI=1S/C11H24N2O2S/c1-2-6-11-7-3-4-8-13(11)9-5-10-16(12,14)15/h11H,2-10H2,1H3,(H2,12,14,15). The highest BCUT2D eigenvalue weighted by Gasteiger charge is 2.21. The minimum Gasteiger partial charge on any atom is -0.300 e. The van der Waals surface area contributed by atoms with Gasteiger partial charge in [-0.15, -0.1) is 0 Å². The highest BCUT2D eigenvalue weighted by molar-refractivity contribution is 7.89. The summed E-state index contributed by atoms with van der Waals surface area (Å²) in [6, 6.07) is 0.666. The lowest BCUT2D eigenvalue weighted by Crippen LogP contribution is -2.40. The molecule has 1 saturated heterocycles. The molecule has 1 aliphatic rings. The molecule has 5 heteroatoms. The van der Waals surface area contributed by atoms with Gasteiger partial charge in [-0.1, -0.05) is 19.8 Å². The predicted molar refractivity (Wildman–Crippen MR) is 66.7 cm³/mol. The van der Waals surface area contributed by atoms with E-state index in [4.69, 9.17) is 5.14 Å². The van der Waals surface area contributed by atoms with Crippen molar-refractivity contribution in [2.45, 2.75) is 51.5 Å². The molecule has 0 aromatic rings. The van der Waals surface area contributed by atoms with Crippen LogP contribution in [-0.4, -0.2) is 38.2 Å². The zero-order valence-electron chi connectivity index (χ0n) is 10.2. The predicted octanol–water partition coefficient (Wildman–Crippen LogP) is 1.32. The molecule has 0 aromatic heterocycles. The largest absolute Gasteiger partial charge is 0.300 e. The van der Waals surface area contributed by atoms with Crippen LogP contribution >= 0.6 is 0 Å². The Morgan fingerprint density at radius 2 is 2.12 bits per heavy atom. The summed E-state index contributed by atoms with van der Waals surface area (Å²) in [7, 11) is -3.28. The number of nitrogens with two attached hydrogens (primary N) is 1. The molecule has 1 fully saturated rings. The van der Waals surface area contributed by atoms with Gasteiger partial charge in [0.05, 0.1) is 5.75 Å². The summed E-state index contributed by atoms with van der Waals surface area (Å²) in [6.45, 7) is 4.20. The van der Waals surface area contributed by atoms with E-state index >= 15 is 0 Å². The maximum absolute atomic E-state index is 10.8. The van der Waals surface area contributed by atoms with E-state index in [1.54, 1.807) is 0 Å². The first-order valence-electron chi connectivity index (χ1n) is 6.27. The monoisotopic (exact) mass is 248 g/mol. The van der Waals surface area contributed by atoms with E-state index in [1.807, 2.05) is 0 Å². The minimum absolute atomic E-state index is 0.113. The Morgan fingerprint density at radius 1 is 1.38 bits per heavy atom. The van der Waals surface area contributed by atoms with E-state index in [0.717, 1.165) is 13.1 Å². The van der Waals surface area contributed by atoms with Gasteiger partial charge < -0.3 is 4.90 Å². The van der Waals surface area contributed by atoms with Crippen LogP contribution in [0.15, 0.2) is 0 Å². The molecule has 1 rings (SSSR count). The molecule has 0 aliphatic carbocycles. The van der Waals surface area contributed by atoms with Crippen molar-refractivity contribution in [2.75, 3.05) is 18.8 Å². The van der Waals surface area contributed by atoms with Crippen molar-refractivity contribution < 1.29 is 8.42 Å². The first kappa shape index (κ1) is 13.9.